The smallest absolute Gasteiger partial charge is 0.129 e. The molecule has 1 aromatic rings. The molecule has 1 aliphatic rings. The molecule has 1 fully saturated rings. The van der Waals surface area contributed by atoms with E-state index in [1.54, 1.807) is 6.20 Å². The minimum Gasteiger partial charge on any atom is -0.388 e. The van der Waals surface area contributed by atoms with Crippen LogP contribution >= 0.6 is 0 Å². The summed E-state index contributed by atoms with van der Waals surface area (Å²) < 4.78 is 13.0. The Bertz CT molecular complexity index is 328. The zero-order valence-corrected chi connectivity index (χ0v) is 8.73. The SMILES string of the molecule is Cc1ccc(N2CC[C@H](F)[C@@H](O)C2)cn1. The average Bonchev–Trinajstić information content (AvgIpc) is 2.23. The fraction of sp³-hybridized carbons (Fsp3) is 0.545. The van der Waals surface area contributed by atoms with Gasteiger partial charge in [-0.25, -0.2) is 4.39 Å². The third-order valence-electron chi connectivity index (χ3n) is 2.76. The lowest BCUT2D eigenvalue weighted by Gasteiger charge is -2.33. The predicted octanol–water partition coefficient (Wildman–Crippen LogP) is 1.30. The van der Waals surface area contributed by atoms with Crippen molar-refractivity contribution in [1.82, 2.24) is 4.98 Å². The Morgan fingerprint density at radius 3 is 2.93 bits per heavy atom. The summed E-state index contributed by atoms with van der Waals surface area (Å²) in [4.78, 5) is 6.15. The number of piperidine rings is 1. The van der Waals surface area contributed by atoms with Gasteiger partial charge in [-0.1, -0.05) is 0 Å². The number of nitrogens with zero attached hydrogens (tertiary/aromatic N) is 2. The maximum atomic E-state index is 13.0. The molecule has 2 heterocycles. The Morgan fingerprint density at radius 2 is 2.33 bits per heavy atom. The van der Waals surface area contributed by atoms with Crippen molar-refractivity contribution in [2.45, 2.75) is 25.6 Å². The number of pyridine rings is 1. The van der Waals surface area contributed by atoms with Crippen molar-refractivity contribution >= 4 is 5.69 Å². The predicted molar refractivity (Wildman–Crippen MR) is 56.7 cm³/mol. The molecule has 2 atom stereocenters. The summed E-state index contributed by atoms with van der Waals surface area (Å²) in [5.74, 6) is 0. The first-order valence-electron chi connectivity index (χ1n) is 5.16. The Hall–Kier alpha value is -1.16. The second-order valence-electron chi connectivity index (χ2n) is 3.98. The Kier molecular flexibility index (Phi) is 2.86. The molecule has 2 rings (SSSR count). The molecule has 0 bridgehead atoms. The van der Waals surface area contributed by atoms with Crippen molar-refractivity contribution in [3.05, 3.63) is 24.0 Å². The van der Waals surface area contributed by atoms with Gasteiger partial charge in [0.15, 0.2) is 0 Å². The summed E-state index contributed by atoms with van der Waals surface area (Å²) in [5, 5.41) is 9.43. The Morgan fingerprint density at radius 1 is 1.53 bits per heavy atom. The molecule has 1 aliphatic heterocycles. The minimum absolute atomic E-state index is 0.353. The number of anilines is 1. The maximum absolute atomic E-state index is 13.0. The summed E-state index contributed by atoms with van der Waals surface area (Å²) in [6.45, 7) is 2.92. The second-order valence-corrected chi connectivity index (χ2v) is 3.98. The van der Waals surface area contributed by atoms with Gasteiger partial charge in [0.25, 0.3) is 0 Å². The van der Waals surface area contributed by atoms with E-state index in [4.69, 9.17) is 0 Å². The van der Waals surface area contributed by atoms with Gasteiger partial charge in [0.1, 0.15) is 12.3 Å². The lowest BCUT2D eigenvalue weighted by molar-refractivity contribution is 0.0645. The third kappa shape index (κ3) is 2.26. The van der Waals surface area contributed by atoms with Crippen LogP contribution in [0, 0.1) is 6.92 Å². The number of rotatable bonds is 1. The van der Waals surface area contributed by atoms with Crippen LogP contribution in [0.25, 0.3) is 0 Å². The van der Waals surface area contributed by atoms with Crippen molar-refractivity contribution in [3.63, 3.8) is 0 Å². The highest BCUT2D eigenvalue weighted by atomic mass is 19.1. The standard InChI is InChI=1S/C11H15FN2O/c1-8-2-3-9(6-13-8)14-5-4-10(12)11(15)7-14/h2-3,6,10-11,15H,4-5,7H2,1H3/t10-,11-/m0/s1. The monoisotopic (exact) mass is 210 g/mol. The van der Waals surface area contributed by atoms with Crippen molar-refractivity contribution in [2.75, 3.05) is 18.0 Å². The molecule has 4 heteroatoms. The summed E-state index contributed by atoms with van der Waals surface area (Å²) >= 11 is 0. The largest absolute Gasteiger partial charge is 0.388 e. The van der Waals surface area contributed by atoms with Gasteiger partial charge in [-0.3, -0.25) is 4.98 Å². The van der Waals surface area contributed by atoms with E-state index in [1.807, 2.05) is 24.0 Å². The number of hydrogen-bond donors (Lipinski definition) is 1. The van der Waals surface area contributed by atoms with Gasteiger partial charge >= 0.3 is 0 Å². The maximum Gasteiger partial charge on any atom is 0.129 e. The van der Waals surface area contributed by atoms with Crippen molar-refractivity contribution in [2.24, 2.45) is 0 Å². The average molecular weight is 210 g/mol. The number of aryl methyl sites for hydroxylation is 1. The van der Waals surface area contributed by atoms with Gasteiger partial charge in [-0.15, -0.1) is 0 Å². The van der Waals surface area contributed by atoms with E-state index in [0.29, 0.717) is 19.5 Å². The lowest BCUT2D eigenvalue weighted by atomic mass is 10.1. The Balaban J connectivity index is 2.08. The number of aliphatic hydroxyl groups excluding tert-OH is 1. The van der Waals surface area contributed by atoms with Gasteiger partial charge in [0, 0.05) is 18.8 Å². The van der Waals surface area contributed by atoms with Crippen LogP contribution in [0.5, 0.6) is 0 Å². The normalized spacial score (nSPS) is 26.7. The second kappa shape index (κ2) is 4.14. The molecule has 0 aromatic carbocycles. The molecular formula is C11H15FN2O. The van der Waals surface area contributed by atoms with Gasteiger partial charge in [0.05, 0.1) is 11.9 Å². The number of β-amino-alcohol motifs (C(OH)–C–C–N with tert-alkyl or cyclic N) is 1. The third-order valence-corrected chi connectivity index (χ3v) is 2.76. The molecule has 0 saturated carbocycles. The van der Waals surface area contributed by atoms with Crippen LogP contribution in [-0.4, -0.2) is 35.5 Å². The molecule has 0 spiro atoms. The number of halogens is 1. The molecule has 82 valence electrons. The summed E-state index contributed by atoms with van der Waals surface area (Å²) in [5.41, 5.74) is 1.91. The highest BCUT2D eigenvalue weighted by Gasteiger charge is 2.27. The molecule has 0 radical (unpaired) electrons. The van der Waals surface area contributed by atoms with E-state index in [-0.39, 0.29) is 0 Å². The summed E-state index contributed by atoms with van der Waals surface area (Å²) in [7, 11) is 0. The molecule has 1 N–H and O–H groups in total. The van der Waals surface area contributed by atoms with Crippen LogP contribution in [0.4, 0.5) is 10.1 Å². The van der Waals surface area contributed by atoms with Gasteiger partial charge in [-0.05, 0) is 25.5 Å². The number of aliphatic hydroxyl groups is 1. The first-order valence-corrected chi connectivity index (χ1v) is 5.16. The first kappa shape index (κ1) is 10.4. The van der Waals surface area contributed by atoms with Crippen LogP contribution in [-0.2, 0) is 0 Å². The molecule has 3 nitrogen and oxygen atoms in total. The lowest BCUT2D eigenvalue weighted by Crippen LogP contribution is -2.45. The first-order chi connectivity index (χ1) is 7.16. The van der Waals surface area contributed by atoms with Crippen LogP contribution in [0.15, 0.2) is 18.3 Å². The van der Waals surface area contributed by atoms with Crippen molar-refractivity contribution < 1.29 is 9.50 Å². The minimum atomic E-state index is -1.08. The summed E-state index contributed by atoms with van der Waals surface area (Å²) in [6.07, 6.45) is 0.190. The zero-order chi connectivity index (χ0) is 10.8. The summed E-state index contributed by atoms with van der Waals surface area (Å²) in [6, 6.07) is 3.87. The number of hydrogen-bond acceptors (Lipinski definition) is 3. The van der Waals surface area contributed by atoms with E-state index in [1.165, 1.54) is 0 Å². The van der Waals surface area contributed by atoms with Crippen molar-refractivity contribution in [3.8, 4) is 0 Å². The van der Waals surface area contributed by atoms with Gasteiger partial charge < -0.3 is 10.0 Å². The van der Waals surface area contributed by atoms with E-state index < -0.39 is 12.3 Å². The highest BCUT2D eigenvalue weighted by Crippen LogP contribution is 2.20. The van der Waals surface area contributed by atoms with E-state index >= 15 is 0 Å². The van der Waals surface area contributed by atoms with Crippen LogP contribution in [0.3, 0.4) is 0 Å². The Labute approximate surface area is 88.6 Å². The quantitative estimate of drug-likeness (QED) is 0.759. The van der Waals surface area contributed by atoms with Crippen LogP contribution in [0.1, 0.15) is 12.1 Å². The molecular weight excluding hydrogens is 195 g/mol. The number of aromatic nitrogens is 1. The van der Waals surface area contributed by atoms with E-state index in [9.17, 15) is 9.50 Å². The zero-order valence-electron chi connectivity index (χ0n) is 8.73. The van der Waals surface area contributed by atoms with Gasteiger partial charge in [0.2, 0.25) is 0 Å². The molecule has 1 aromatic heterocycles. The molecule has 0 amide bonds. The highest BCUT2D eigenvalue weighted by molar-refractivity contribution is 5.45. The molecule has 0 unspecified atom stereocenters. The van der Waals surface area contributed by atoms with Crippen LogP contribution in [0.2, 0.25) is 0 Å². The van der Waals surface area contributed by atoms with Gasteiger partial charge in [-0.2, -0.15) is 0 Å². The van der Waals surface area contributed by atoms with E-state index in [0.717, 1.165) is 11.4 Å². The van der Waals surface area contributed by atoms with Crippen molar-refractivity contribution in [1.29, 1.82) is 0 Å². The molecule has 0 aliphatic carbocycles. The molecule has 15 heavy (non-hydrogen) atoms. The fourth-order valence-corrected chi connectivity index (χ4v) is 1.78. The topological polar surface area (TPSA) is 36.4 Å². The van der Waals surface area contributed by atoms with Crippen LogP contribution < -0.4 is 4.90 Å². The van der Waals surface area contributed by atoms with E-state index in [2.05, 4.69) is 4.98 Å². The number of alkyl halides is 1. The molecule has 1 saturated heterocycles. The fourth-order valence-electron chi connectivity index (χ4n) is 1.78.